The van der Waals surface area contributed by atoms with Gasteiger partial charge in [0.15, 0.2) is 0 Å². The van der Waals surface area contributed by atoms with Crippen LogP contribution in [0.3, 0.4) is 0 Å². The van der Waals surface area contributed by atoms with Gasteiger partial charge in [0.2, 0.25) is 0 Å². The van der Waals surface area contributed by atoms with Gasteiger partial charge in [-0.2, -0.15) is 0 Å². The van der Waals surface area contributed by atoms with Gasteiger partial charge in [0.05, 0.1) is 0 Å². The SMILES string of the molecule is CCCC(NC(C)CC(C)CC)c1ccc(Cl)cc1. The molecule has 0 radical (unpaired) electrons. The molecule has 1 nitrogen and oxygen atoms in total. The molecule has 0 aliphatic carbocycles. The van der Waals surface area contributed by atoms with Crippen molar-refractivity contribution in [1.82, 2.24) is 5.32 Å². The van der Waals surface area contributed by atoms with Gasteiger partial charge in [0.1, 0.15) is 0 Å². The van der Waals surface area contributed by atoms with Crippen molar-refractivity contribution in [2.24, 2.45) is 5.92 Å². The molecular weight excluding hydrogens is 254 g/mol. The molecule has 1 rings (SSSR count). The largest absolute Gasteiger partial charge is 0.307 e. The number of nitrogens with one attached hydrogen (secondary N) is 1. The highest BCUT2D eigenvalue weighted by molar-refractivity contribution is 6.30. The van der Waals surface area contributed by atoms with Crippen LogP contribution < -0.4 is 5.32 Å². The summed E-state index contributed by atoms with van der Waals surface area (Å²) in [5.74, 6) is 0.787. The van der Waals surface area contributed by atoms with E-state index in [1.807, 2.05) is 12.1 Å². The predicted molar refractivity (Wildman–Crippen MR) is 85.8 cm³/mol. The molecule has 0 spiro atoms. The van der Waals surface area contributed by atoms with E-state index in [-0.39, 0.29) is 0 Å². The summed E-state index contributed by atoms with van der Waals surface area (Å²) in [6, 6.07) is 9.27. The Kier molecular flexibility index (Phi) is 7.48. The Morgan fingerprint density at radius 2 is 1.74 bits per heavy atom. The first-order valence-electron chi connectivity index (χ1n) is 7.58. The van der Waals surface area contributed by atoms with Crippen molar-refractivity contribution in [3.8, 4) is 0 Å². The van der Waals surface area contributed by atoms with Crippen molar-refractivity contribution in [3.05, 3.63) is 34.9 Å². The van der Waals surface area contributed by atoms with E-state index in [0.717, 1.165) is 10.9 Å². The minimum Gasteiger partial charge on any atom is -0.307 e. The van der Waals surface area contributed by atoms with Crippen LogP contribution in [0, 0.1) is 5.92 Å². The first kappa shape index (κ1) is 16.5. The molecule has 1 aromatic carbocycles. The van der Waals surface area contributed by atoms with Crippen molar-refractivity contribution in [1.29, 1.82) is 0 Å². The van der Waals surface area contributed by atoms with Gasteiger partial charge < -0.3 is 5.32 Å². The van der Waals surface area contributed by atoms with Crippen LogP contribution in [0.1, 0.15) is 65.0 Å². The molecule has 3 atom stereocenters. The zero-order valence-electron chi connectivity index (χ0n) is 12.7. The van der Waals surface area contributed by atoms with E-state index in [9.17, 15) is 0 Å². The Labute approximate surface area is 123 Å². The van der Waals surface area contributed by atoms with E-state index in [2.05, 4.69) is 45.1 Å². The molecule has 0 saturated carbocycles. The van der Waals surface area contributed by atoms with E-state index in [0.29, 0.717) is 12.1 Å². The van der Waals surface area contributed by atoms with Crippen molar-refractivity contribution < 1.29 is 0 Å². The molecule has 2 heteroatoms. The summed E-state index contributed by atoms with van der Waals surface area (Å²) in [6.07, 6.45) is 4.86. The minimum atomic E-state index is 0.446. The van der Waals surface area contributed by atoms with Crippen LogP contribution in [-0.2, 0) is 0 Å². The van der Waals surface area contributed by atoms with Gasteiger partial charge >= 0.3 is 0 Å². The maximum atomic E-state index is 5.97. The van der Waals surface area contributed by atoms with Gasteiger partial charge in [-0.3, -0.25) is 0 Å². The Morgan fingerprint density at radius 3 is 2.26 bits per heavy atom. The molecule has 0 fully saturated rings. The van der Waals surface area contributed by atoms with Crippen molar-refractivity contribution in [2.45, 2.75) is 65.5 Å². The lowest BCUT2D eigenvalue weighted by atomic mass is 9.97. The standard InChI is InChI=1S/C17H28ClN/c1-5-7-17(15-8-10-16(18)11-9-15)19-14(4)12-13(3)6-2/h8-11,13-14,17,19H,5-7,12H2,1-4H3. The molecule has 3 unspecified atom stereocenters. The number of rotatable bonds is 8. The van der Waals surface area contributed by atoms with Gasteiger partial charge in [-0.1, -0.05) is 57.3 Å². The van der Waals surface area contributed by atoms with Crippen LogP contribution in [0.4, 0.5) is 0 Å². The molecule has 108 valence electrons. The second-order valence-corrected chi connectivity index (χ2v) is 6.15. The van der Waals surface area contributed by atoms with Crippen LogP contribution in [-0.4, -0.2) is 6.04 Å². The summed E-state index contributed by atoms with van der Waals surface area (Å²) in [4.78, 5) is 0. The molecule has 0 aliphatic heterocycles. The zero-order valence-corrected chi connectivity index (χ0v) is 13.5. The van der Waals surface area contributed by atoms with Gasteiger partial charge in [-0.25, -0.2) is 0 Å². The minimum absolute atomic E-state index is 0.446. The van der Waals surface area contributed by atoms with Gasteiger partial charge in [0, 0.05) is 17.1 Å². The lowest BCUT2D eigenvalue weighted by molar-refractivity contribution is 0.364. The number of benzene rings is 1. The van der Waals surface area contributed by atoms with Crippen molar-refractivity contribution in [2.75, 3.05) is 0 Å². The third kappa shape index (κ3) is 5.97. The monoisotopic (exact) mass is 281 g/mol. The zero-order chi connectivity index (χ0) is 14.3. The maximum Gasteiger partial charge on any atom is 0.0406 e. The molecule has 0 aliphatic rings. The number of halogens is 1. The van der Waals surface area contributed by atoms with Crippen LogP contribution in [0.5, 0.6) is 0 Å². The number of hydrogen-bond acceptors (Lipinski definition) is 1. The second kappa shape index (κ2) is 8.60. The predicted octanol–water partition coefficient (Wildman–Crippen LogP) is 5.60. The van der Waals surface area contributed by atoms with E-state index < -0.39 is 0 Å². The lowest BCUT2D eigenvalue weighted by Gasteiger charge is -2.25. The third-order valence-electron chi connectivity index (χ3n) is 3.79. The molecule has 1 N–H and O–H groups in total. The normalized spacial score (nSPS) is 16.1. The Balaban J connectivity index is 2.64. The Hall–Kier alpha value is -0.530. The fraction of sp³-hybridized carbons (Fsp3) is 0.647. The summed E-state index contributed by atoms with van der Waals surface area (Å²) in [5, 5.41) is 4.59. The van der Waals surface area contributed by atoms with Crippen molar-refractivity contribution >= 4 is 11.6 Å². The Morgan fingerprint density at radius 1 is 1.11 bits per heavy atom. The average molecular weight is 282 g/mol. The average Bonchev–Trinajstić information content (AvgIpc) is 2.39. The van der Waals surface area contributed by atoms with Gasteiger partial charge in [-0.15, -0.1) is 0 Å². The molecule has 1 aromatic rings. The Bertz CT molecular complexity index is 347. The highest BCUT2D eigenvalue weighted by Gasteiger charge is 2.15. The smallest absolute Gasteiger partial charge is 0.0406 e. The fourth-order valence-electron chi connectivity index (χ4n) is 2.51. The first-order valence-corrected chi connectivity index (χ1v) is 7.96. The summed E-state index contributed by atoms with van der Waals surface area (Å²) in [5.41, 5.74) is 1.35. The van der Waals surface area contributed by atoms with E-state index >= 15 is 0 Å². The summed E-state index contributed by atoms with van der Waals surface area (Å²) in [7, 11) is 0. The molecule has 0 bridgehead atoms. The quantitative estimate of drug-likeness (QED) is 0.654. The van der Waals surface area contributed by atoms with E-state index in [1.165, 1.54) is 31.2 Å². The van der Waals surface area contributed by atoms with Gasteiger partial charge in [-0.05, 0) is 43.4 Å². The molecule has 0 heterocycles. The molecule has 0 aromatic heterocycles. The van der Waals surface area contributed by atoms with Crippen molar-refractivity contribution in [3.63, 3.8) is 0 Å². The number of hydrogen-bond donors (Lipinski definition) is 1. The fourth-order valence-corrected chi connectivity index (χ4v) is 2.64. The van der Waals surface area contributed by atoms with E-state index in [4.69, 9.17) is 11.6 Å². The second-order valence-electron chi connectivity index (χ2n) is 5.71. The molecular formula is C17H28ClN. The van der Waals surface area contributed by atoms with E-state index in [1.54, 1.807) is 0 Å². The summed E-state index contributed by atoms with van der Waals surface area (Å²) >= 11 is 5.97. The topological polar surface area (TPSA) is 12.0 Å². The van der Waals surface area contributed by atoms with Crippen LogP contribution in [0.2, 0.25) is 5.02 Å². The van der Waals surface area contributed by atoms with Crippen LogP contribution in [0.25, 0.3) is 0 Å². The van der Waals surface area contributed by atoms with Gasteiger partial charge in [0.25, 0.3) is 0 Å². The van der Waals surface area contributed by atoms with Crippen LogP contribution >= 0.6 is 11.6 Å². The molecule has 19 heavy (non-hydrogen) atoms. The molecule has 0 saturated heterocycles. The van der Waals surface area contributed by atoms with Crippen LogP contribution in [0.15, 0.2) is 24.3 Å². The summed E-state index contributed by atoms with van der Waals surface area (Å²) < 4.78 is 0. The third-order valence-corrected chi connectivity index (χ3v) is 4.04. The lowest BCUT2D eigenvalue weighted by Crippen LogP contribution is -2.31. The highest BCUT2D eigenvalue weighted by atomic mass is 35.5. The maximum absolute atomic E-state index is 5.97. The first-order chi connectivity index (χ1) is 9.06. The summed E-state index contributed by atoms with van der Waals surface area (Å²) in [6.45, 7) is 9.13. The highest BCUT2D eigenvalue weighted by Crippen LogP contribution is 2.22. The molecule has 0 amide bonds.